The molecule has 0 saturated carbocycles. The van der Waals surface area contributed by atoms with Gasteiger partial charge in [-0.1, -0.05) is 54.2 Å². The lowest BCUT2D eigenvalue weighted by atomic mass is 9.98. The molecule has 0 aliphatic carbocycles. The SMILES string of the molecule is COc1ccc([C@@H]2CC(c3ccccc3)=NN2C2=NC(=O)[C@@H](CC(=O)NCC(=O)O)S2)cc1. The molecule has 0 spiro atoms. The third-order valence-corrected chi connectivity index (χ3v) is 6.39. The predicted octanol–water partition coefficient (Wildman–Crippen LogP) is 2.44. The number of aliphatic imine (C=N–C) groups is 1. The van der Waals surface area contributed by atoms with Crippen LogP contribution in [0.2, 0.25) is 0 Å². The molecular weight excluding hydrogens is 444 g/mol. The number of aliphatic carboxylic acids is 1. The van der Waals surface area contributed by atoms with Gasteiger partial charge in [0.25, 0.3) is 5.91 Å². The molecule has 170 valence electrons. The first-order chi connectivity index (χ1) is 15.9. The van der Waals surface area contributed by atoms with Crippen LogP contribution < -0.4 is 10.1 Å². The van der Waals surface area contributed by atoms with Crippen molar-refractivity contribution in [1.29, 1.82) is 0 Å². The van der Waals surface area contributed by atoms with E-state index in [4.69, 9.17) is 14.9 Å². The lowest BCUT2D eigenvalue weighted by molar-refractivity contribution is -0.137. The van der Waals surface area contributed by atoms with E-state index in [1.54, 1.807) is 12.1 Å². The van der Waals surface area contributed by atoms with E-state index in [1.165, 1.54) is 11.8 Å². The number of carboxylic acid groups (broad SMARTS) is 1. The van der Waals surface area contributed by atoms with Crippen molar-refractivity contribution >= 4 is 40.4 Å². The third kappa shape index (κ3) is 5.23. The van der Waals surface area contributed by atoms with Crippen LogP contribution in [0.15, 0.2) is 64.7 Å². The molecule has 0 bridgehead atoms. The summed E-state index contributed by atoms with van der Waals surface area (Å²) in [6.45, 7) is -0.492. The molecule has 4 rings (SSSR count). The Hall–Kier alpha value is -3.66. The molecule has 2 aliphatic heterocycles. The number of amidine groups is 1. The molecule has 0 aromatic heterocycles. The molecule has 0 saturated heterocycles. The maximum Gasteiger partial charge on any atom is 0.322 e. The van der Waals surface area contributed by atoms with Crippen LogP contribution in [0, 0.1) is 0 Å². The number of nitrogens with one attached hydrogen (secondary N) is 1. The molecule has 2 aromatic carbocycles. The van der Waals surface area contributed by atoms with E-state index in [2.05, 4.69) is 10.3 Å². The van der Waals surface area contributed by atoms with Crippen molar-refractivity contribution in [2.45, 2.75) is 24.1 Å². The van der Waals surface area contributed by atoms with Crippen LogP contribution in [0.5, 0.6) is 5.75 Å². The summed E-state index contributed by atoms with van der Waals surface area (Å²) in [7, 11) is 1.61. The van der Waals surface area contributed by atoms with E-state index in [9.17, 15) is 14.4 Å². The first-order valence-electron chi connectivity index (χ1n) is 10.3. The second kappa shape index (κ2) is 9.86. The number of amides is 2. The second-order valence-electron chi connectivity index (χ2n) is 7.46. The number of carboxylic acids is 1. The van der Waals surface area contributed by atoms with E-state index < -0.39 is 29.6 Å². The second-order valence-corrected chi connectivity index (χ2v) is 8.63. The zero-order valence-electron chi connectivity index (χ0n) is 17.8. The summed E-state index contributed by atoms with van der Waals surface area (Å²) >= 11 is 1.17. The summed E-state index contributed by atoms with van der Waals surface area (Å²) in [5.74, 6) is -1.35. The van der Waals surface area contributed by atoms with Gasteiger partial charge in [0.05, 0.1) is 18.9 Å². The summed E-state index contributed by atoms with van der Waals surface area (Å²) in [6, 6.07) is 17.3. The van der Waals surface area contributed by atoms with Crippen molar-refractivity contribution in [3.05, 3.63) is 65.7 Å². The molecule has 9 nitrogen and oxygen atoms in total. The number of nitrogens with zero attached hydrogens (tertiary/aromatic N) is 3. The van der Waals surface area contributed by atoms with Crippen molar-refractivity contribution in [2.24, 2.45) is 10.1 Å². The van der Waals surface area contributed by atoms with Gasteiger partial charge in [0, 0.05) is 12.8 Å². The molecule has 0 unspecified atom stereocenters. The molecule has 0 fully saturated rings. The molecule has 2 atom stereocenters. The maximum absolute atomic E-state index is 12.5. The summed E-state index contributed by atoms with van der Waals surface area (Å²) in [6.07, 6.45) is 0.466. The smallest absolute Gasteiger partial charge is 0.322 e. The average molecular weight is 467 g/mol. The number of methoxy groups -OCH3 is 1. The molecule has 10 heteroatoms. The van der Waals surface area contributed by atoms with Crippen molar-refractivity contribution in [3.8, 4) is 5.75 Å². The normalized spacial score (nSPS) is 19.8. The Kier molecular flexibility index (Phi) is 6.74. The van der Waals surface area contributed by atoms with Gasteiger partial charge in [-0.05, 0) is 23.3 Å². The van der Waals surface area contributed by atoms with Gasteiger partial charge in [0.1, 0.15) is 17.5 Å². The largest absolute Gasteiger partial charge is 0.497 e. The predicted molar refractivity (Wildman–Crippen MR) is 124 cm³/mol. The number of benzene rings is 2. The summed E-state index contributed by atoms with van der Waals surface area (Å²) in [4.78, 5) is 39.3. The Morgan fingerprint density at radius 1 is 1.18 bits per heavy atom. The highest BCUT2D eigenvalue weighted by Crippen LogP contribution is 2.38. The highest BCUT2D eigenvalue weighted by molar-refractivity contribution is 8.15. The van der Waals surface area contributed by atoms with Gasteiger partial charge < -0.3 is 15.2 Å². The Morgan fingerprint density at radius 3 is 2.58 bits per heavy atom. The molecule has 2 aliphatic rings. The van der Waals surface area contributed by atoms with Crippen LogP contribution in [0.1, 0.15) is 30.0 Å². The van der Waals surface area contributed by atoms with Crippen LogP contribution in [0.4, 0.5) is 0 Å². The Labute approximate surface area is 194 Å². The van der Waals surface area contributed by atoms with E-state index in [0.29, 0.717) is 11.6 Å². The van der Waals surface area contributed by atoms with Crippen LogP contribution in [-0.2, 0) is 14.4 Å². The zero-order chi connectivity index (χ0) is 23.4. The van der Waals surface area contributed by atoms with Crippen LogP contribution >= 0.6 is 11.8 Å². The molecule has 2 N–H and O–H groups in total. The van der Waals surface area contributed by atoms with E-state index in [-0.39, 0.29) is 12.5 Å². The van der Waals surface area contributed by atoms with Crippen molar-refractivity contribution in [2.75, 3.05) is 13.7 Å². The summed E-state index contributed by atoms with van der Waals surface area (Å²) < 4.78 is 5.26. The highest BCUT2D eigenvalue weighted by Gasteiger charge is 2.39. The van der Waals surface area contributed by atoms with E-state index in [0.717, 1.165) is 22.6 Å². The van der Waals surface area contributed by atoms with Crippen LogP contribution in [0.25, 0.3) is 0 Å². The fourth-order valence-electron chi connectivity index (χ4n) is 3.60. The van der Waals surface area contributed by atoms with Crippen molar-refractivity contribution < 1.29 is 24.2 Å². The average Bonchev–Trinajstić information content (AvgIpc) is 3.42. The number of hydrogen-bond donors (Lipinski definition) is 2. The van der Waals surface area contributed by atoms with Gasteiger partial charge >= 0.3 is 5.97 Å². The first-order valence-corrected chi connectivity index (χ1v) is 11.2. The molecule has 33 heavy (non-hydrogen) atoms. The van der Waals surface area contributed by atoms with E-state index >= 15 is 0 Å². The number of carbonyl (C=O) groups excluding carboxylic acids is 2. The third-order valence-electron chi connectivity index (χ3n) is 5.25. The number of hydrogen-bond acceptors (Lipinski definition) is 7. The standard InChI is InChI=1S/C23H22N4O5S/c1-32-16-9-7-15(8-10-16)18-11-17(14-5-3-2-4-6-14)26-27(18)23-25-22(31)19(33-23)12-20(28)24-13-21(29)30/h2-10,18-19H,11-13H2,1H3,(H,24,28)(H,29,30)/t18-,19+/m0/s1. The molecule has 0 radical (unpaired) electrons. The van der Waals surface area contributed by atoms with Gasteiger partial charge in [0.15, 0.2) is 5.17 Å². The summed E-state index contributed by atoms with van der Waals surface area (Å²) in [5.41, 5.74) is 2.84. The monoisotopic (exact) mass is 466 g/mol. The Bertz CT molecular complexity index is 1120. The number of carbonyl (C=O) groups is 3. The molecular formula is C23H22N4O5S. The van der Waals surface area contributed by atoms with Crippen LogP contribution in [0.3, 0.4) is 0 Å². The van der Waals surface area contributed by atoms with Crippen molar-refractivity contribution in [1.82, 2.24) is 10.3 Å². The van der Waals surface area contributed by atoms with Gasteiger partial charge in [-0.2, -0.15) is 10.1 Å². The van der Waals surface area contributed by atoms with E-state index in [1.807, 2.05) is 54.6 Å². The van der Waals surface area contributed by atoms with Gasteiger partial charge in [-0.25, -0.2) is 5.01 Å². The highest BCUT2D eigenvalue weighted by atomic mass is 32.2. The minimum absolute atomic E-state index is 0.153. The molecule has 2 aromatic rings. The lowest BCUT2D eigenvalue weighted by Gasteiger charge is -2.23. The van der Waals surface area contributed by atoms with Gasteiger partial charge in [-0.15, -0.1) is 0 Å². The number of ether oxygens (including phenoxy) is 1. The minimum atomic E-state index is -1.15. The molecule has 2 heterocycles. The fourth-order valence-corrected chi connectivity index (χ4v) is 4.66. The topological polar surface area (TPSA) is 121 Å². The zero-order valence-corrected chi connectivity index (χ0v) is 18.6. The van der Waals surface area contributed by atoms with Crippen molar-refractivity contribution in [3.63, 3.8) is 0 Å². The fraction of sp³-hybridized carbons (Fsp3) is 0.261. The van der Waals surface area contributed by atoms with Gasteiger partial charge in [-0.3, -0.25) is 14.4 Å². The summed E-state index contributed by atoms with van der Waals surface area (Å²) in [5, 5.41) is 17.2. The minimum Gasteiger partial charge on any atom is -0.497 e. The number of hydrazone groups is 1. The Balaban J connectivity index is 1.56. The van der Waals surface area contributed by atoms with Crippen LogP contribution in [-0.4, -0.2) is 57.7 Å². The quantitative estimate of drug-likeness (QED) is 0.643. The maximum atomic E-state index is 12.5. The van der Waals surface area contributed by atoms with Gasteiger partial charge in [0.2, 0.25) is 5.91 Å². The lowest BCUT2D eigenvalue weighted by Crippen LogP contribution is -2.32. The Morgan fingerprint density at radius 2 is 1.91 bits per heavy atom. The number of rotatable bonds is 7. The number of thioether (sulfide) groups is 1. The molecule has 2 amide bonds. The first kappa shape index (κ1) is 22.5.